The lowest BCUT2D eigenvalue weighted by atomic mass is 9.93. The zero-order chi connectivity index (χ0) is 16.8. The monoisotopic (exact) mass is 324 g/mol. The molecule has 0 bridgehead atoms. The number of rotatable bonds is 2. The predicted molar refractivity (Wildman–Crippen MR) is 70.9 cm³/mol. The van der Waals surface area contributed by atoms with Gasteiger partial charge in [0.05, 0.1) is 0 Å². The molecule has 3 nitrogen and oxygen atoms in total. The first-order chi connectivity index (χ1) is 10.8. The largest absolute Gasteiger partial charge is 0.573 e. The summed E-state index contributed by atoms with van der Waals surface area (Å²) in [5.41, 5.74) is -0.175. The minimum atomic E-state index is -4.96. The van der Waals surface area contributed by atoms with Crippen LogP contribution in [0.15, 0.2) is 42.5 Å². The highest BCUT2D eigenvalue weighted by Gasteiger charge is 2.41. The Morgan fingerprint density at radius 2 is 1.48 bits per heavy atom. The average molecular weight is 324 g/mol. The Kier molecular flexibility index (Phi) is 3.43. The molecule has 2 aromatic carbocycles. The Balaban J connectivity index is 2.04. The highest BCUT2D eigenvalue weighted by molar-refractivity contribution is 6.29. The van der Waals surface area contributed by atoms with Crippen molar-refractivity contribution in [3.05, 3.63) is 65.0 Å². The van der Waals surface area contributed by atoms with E-state index in [0.29, 0.717) is 0 Å². The van der Waals surface area contributed by atoms with Crippen LogP contribution in [0.4, 0.5) is 17.6 Å². The van der Waals surface area contributed by atoms with Gasteiger partial charge < -0.3 is 4.74 Å². The molecular formula is C16H8F4O3. The van der Waals surface area contributed by atoms with E-state index in [1.165, 1.54) is 12.1 Å². The van der Waals surface area contributed by atoms with Crippen molar-refractivity contribution in [1.29, 1.82) is 0 Å². The molecule has 0 saturated heterocycles. The van der Waals surface area contributed by atoms with Crippen molar-refractivity contribution < 1.29 is 31.9 Å². The fraction of sp³-hybridized carbons (Fsp3) is 0.125. The number of Topliss-reactive ketones (excluding diaryl/α,β-unsaturated/α-hetero) is 2. The van der Waals surface area contributed by atoms with Crippen LogP contribution in [-0.2, 0) is 0 Å². The van der Waals surface area contributed by atoms with Crippen LogP contribution < -0.4 is 4.74 Å². The first-order valence-corrected chi connectivity index (χ1v) is 6.50. The van der Waals surface area contributed by atoms with Gasteiger partial charge in [0, 0.05) is 16.7 Å². The summed E-state index contributed by atoms with van der Waals surface area (Å²) in [5, 5.41) is 0. The van der Waals surface area contributed by atoms with Crippen LogP contribution in [0.1, 0.15) is 32.2 Å². The SMILES string of the molecule is O=C1c2ccccc2C(=O)C1c1cc(OC(F)(F)F)ccc1F. The van der Waals surface area contributed by atoms with Gasteiger partial charge in [-0.05, 0) is 18.2 Å². The second kappa shape index (κ2) is 5.19. The van der Waals surface area contributed by atoms with Crippen molar-refractivity contribution in [3.63, 3.8) is 0 Å². The summed E-state index contributed by atoms with van der Waals surface area (Å²) in [6.07, 6.45) is -4.96. The third-order valence-corrected chi connectivity index (χ3v) is 3.49. The van der Waals surface area contributed by atoms with Crippen LogP contribution in [0.2, 0.25) is 0 Å². The third-order valence-electron chi connectivity index (χ3n) is 3.49. The molecule has 0 radical (unpaired) electrons. The van der Waals surface area contributed by atoms with Gasteiger partial charge in [0.1, 0.15) is 17.5 Å². The second-order valence-electron chi connectivity index (χ2n) is 4.94. The lowest BCUT2D eigenvalue weighted by Gasteiger charge is -2.13. The molecule has 0 amide bonds. The van der Waals surface area contributed by atoms with Gasteiger partial charge in [0.15, 0.2) is 11.6 Å². The van der Waals surface area contributed by atoms with Crippen LogP contribution in [0, 0.1) is 5.82 Å². The molecule has 1 aliphatic carbocycles. The fourth-order valence-corrected chi connectivity index (χ4v) is 2.57. The molecule has 23 heavy (non-hydrogen) atoms. The third kappa shape index (κ3) is 2.69. The zero-order valence-corrected chi connectivity index (χ0v) is 11.4. The maximum absolute atomic E-state index is 14.0. The lowest BCUT2D eigenvalue weighted by Crippen LogP contribution is -2.19. The van der Waals surface area contributed by atoms with E-state index < -0.39 is 41.0 Å². The first kappa shape index (κ1) is 15.2. The molecule has 0 saturated carbocycles. The number of fused-ring (bicyclic) bond motifs is 1. The standard InChI is InChI=1S/C16H8F4O3/c17-12-6-5-8(23-16(18,19)20)7-11(12)13-14(21)9-3-1-2-4-10(9)15(13)22/h1-7,13H. The van der Waals surface area contributed by atoms with Crippen LogP contribution in [-0.4, -0.2) is 17.9 Å². The van der Waals surface area contributed by atoms with E-state index in [9.17, 15) is 27.2 Å². The topological polar surface area (TPSA) is 43.4 Å². The number of alkyl halides is 3. The summed E-state index contributed by atoms with van der Waals surface area (Å²) in [4.78, 5) is 24.6. The first-order valence-electron chi connectivity index (χ1n) is 6.50. The van der Waals surface area contributed by atoms with Crippen LogP contribution >= 0.6 is 0 Å². The Bertz CT molecular complexity index is 776. The minimum absolute atomic E-state index is 0.129. The van der Waals surface area contributed by atoms with Crippen molar-refractivity contribution in [3.8, 4) is 5.75 Å². The number of halogens is 4. The van der Waals surface area contributed by atoms with Crippen molar-refractivity contribution >= 4 is 11.6 Å². The van der Waals surface area contributed by atoms with E-state index in [0.717, 1.165) is 18.2 Å². The number of ether oxygens (including phenoxy) is 1. The van der Waals surface area contributed by atoms with E-state index in [2.05, 4.69) is 4.74 Å². The smallest absolute Gasteiger partial charge is 0.406 e. The van der Waals surface area contributed by atoms with Crippen molar-refractivity contribution in [2.45, 2.75) is 12.3 Å². The van der Waals surface area contributed by atoms with Gasteiger partial charge in [-0.1, -0.05) is 24.3 Å². The number of carbonyl (C=O) groups excluding carboxylic acids is 2. The molecule has 118 valence electrons. The normalized spacial score (nSPS) is 15.0. The Morgan fingerprint density at radius 3 is 2.00 bits per heavy atom. The molecule has 0 atom stereocenters. The van der Waals surface area contributed by atoms with Crippen LogP contribution in [0.5, 0.6) is 5.75 Å². The molecule has 0 N–H and O–H groups in total. The summed E-state index contributed by atoms with van der Waals surface area (Å²) >= 11 is 0. The number of benzene rings is 2. The van der Waals surface area contributed by atoms with E-state index in [1.807, 2.05) is 0 Å². The second-order valence-corrected chi connectivity index (χ2v) is 4.94. The summed E-state index contributed by atoms with van der Waals surface area (Å²) in [5.74, 6) is -4.42. The summed E-state index contributed by atoms with van der Waals surface area (Å²) in [7, 11) is 0. The highest BCUT2D eigenvalue weighted by atomic mass is 19.4. The van der Waals surface area contributed by atoms with Gasteiger partial charge in [-0.15, -0.1) is 13.2 Å². The number of hydrogen-bond acceptors (Lipinski definition) is 3. The van der Waals surface area contributed by atoms with Crippen LogP contribution in [0.25, 0.3) is 0 Å². The molecule has 2 aromatic rings. The minimum Gasteiger partial charge on any atom is -0.406 e. The van der Waals surface area contributed by atoms with Crippen molar-refractivity contribution in [2.75, 3.05) is 0 Å². The van der Waals surface area contributed by atoms with Crippen LogP contribution in [0.3, 0.4) is 0 Å². The van der Waals surface area contributed by atoms with Gasteiger partial charge in [0.25, 0.3) is 0 Å². The highest BCUT2D eigenvalue weighted by Crippen LogP contribution is 2.37. The maximum Gasteiger partial charge on any atom is 0.573 e. The molecule has 0 aromatic heterocycles. The zero-order valence-electron chi connectivity index (χ0n) is 11.4. The van der Waals surface area contributed by atoms with Gasteiger partial charge in [-0.2, -0.15) is 0 Å². The Hall–Kier alpha value is -2.70. The molecule has 0 unspecified atom stereocenters. The number of carbonyl (C=O) groups is 2. The average Bonchev–Trinajstić information content (AvgIpc) is 2.72. The van der Waals surface area contributed by atoms with E-state index in [4.69, 9.17) is 0 Å². The Labute approximate surface area is 127 Å². The molecule has 0 heterocycles. The maximum atomic E-state index is 14.0. The quantitative estimate of drug-likeness (QED) is 0.622. The molecule has 3 rings (SSSR count). The van der Waals surface area contributed by atoms with E-state index in [1.54, 1.807) is 12.1 Å². The van der Waals surface area contributed by atoms with Gasteiger partial charge in [-0.3, -0.25) is 9.59 Å². The number of hydrogen-bond donors (Lipinski definition) is 0. The van der Waals surface area contributed by atoms with Crippen molar-refractivity contribution in [2.24, 2.45) is 0 Å². The molecule has 7 heteroatoms. The summed E-state index contributed by atoms with van der Waals surface area (Å²) < 4.78 is 54.5. The fourth-order valence-electron chi connectivity index (χ4n) is 2.57. The van der Waals surface area contributed by atoms with Gasteiger partial charge >= 0.3 is 6.36 Å². The van der Waals surface area contributed by atoms with E-state index in [-0.39, 0.29) is 11.1 Å². The van der Waals surface area contributed by atoms with Gasteiger partial charge in [-0.25, -0.2) is 4.39 Å². The summed E-state index contributed by atoms with van der Waals surface area (Å²) in [6.45, 7) is 0. The van der Waals surface area contributed by atoms with Gasteiger partial charge in [0.2, 0.25) is 0 Å². The molecule has 0 spiro atoms. The number of ketones is 2. The molecule has 0 aliphatic heterocycles. The molecular weight excluding hydrogens is 316 g/mol. The lowest BCUT2D eigenvalue weighted by molar-refractivity contribution is -0.274. The predicted octanol–water partition coefficient (Wildman–Crippen LogP) is 3.89. The van der Waals surface area contributed by atoms with E-state index >= 15 is 0 Å². The van der Waals surface area contributed by atoms with Crippen molar-refractivity contribution in [1.82, 2.24) is 0 Å². The summed E-state index contributed by atoms with van der Waals surface area (Å²) in [6, 6.07) is 8.18. The molecule has 0 fully saturated rings. The molecule has 1 aliphatic rings. The Morgan fingerprint density at radius 1 is 0.913 bits per heavy atom.